The van der Waals surface area contributed by atoms with Crippen LogP contribution in [0.5, 0.6) is 0 Å². The average molecular weight is 651 g/mol. The van der Waals surface area contributed by atoms with E-state index in [4.69, 9.17) is 0 Å². The zero-order valence-corrected chi connectivity index (χ0v) is 30.2. The topological polar surface area (TPSA) is 88.7 Å². The highest BCUT2D eigenvalue weighted by atomic mass is 16.2. The maximum absolute atomic E-state index is 12.6. The van der Waals surface area contributed by atoms with Gasteiger partial charge >= 0.3 is 12.1 Å². The van der Waals surface area contributed by atoms with E-state index in [2.05, 4.69) is 57.0 Å². The van der Waals surface area contributed by atoms with Crippen LogP contribution in [0.25, 0.3) is 0 Å². The molecule has 0 radical (unpaired) electrons. The van der Waals surface area contributed by atoms with Gasteiger partial charge < -0.3 is 21.3 Å². The first-order chi connectivity index (χ1) is 22.9. The molecule has 0 saturated carbocycles. The Kier molecular flexibility index (Phi) is 22.1. The van der Waals surface area contributed by atoms with Gasteiger partial charge in [-0.15, -0.1) is 0 Å². The molecule has 0 unspecified atom stereocenters. The molecule has 0 spiro atoms. The molecule has 0 heterocycles. The lowest BCUT2D eigenvalue weighted by atomic mass is 10.0. The molecule has 4 N–H and O–H groups in total. The third-order valence-electron chi connectivity index (χ3n) is 8.58. The van der Waals surface area contributed by atoms with Gasteiger partial charge in [-0.25, -0.2) is 9.59 Å². The van der Waals surface area contributed by atoms with E-state index >= 15 is 0 Å². The van der Waals surface area contributed by atoms with E-state index in [1.807, 2.05) is 50.5 Å². The number of carbonyl (C=O) groups excluding carboxylic acids is 2. The molecule has 8 heteroatoms. The van der Waals surface area contributed by atoms with Crippen molar-refractivity contribution >= 4 is 23.4 Å². The van der Waals surface area contributed by atoms with Crippen LogP contribution in [-0.4, -0.2) is 62.4 Å². The van der Waals surface area contributed by atoms with Crippen LogP contribution in [0.3, 0.4) is 0 Å². The molecule has 264 valence electrons. The van der Waals surface area contributed by atoms with E-state index in [0.717, 1.165) is 48.4 Å². The fraction of sp³-hybridized carbons (Fsp3) is 0.641. The molecule has 2 rings (SSSR count). The van der Waals surface area contributed by atoms with E-state index in [0.29, 0.717) is 19.8 Å². The van der Waals surface area contributed by atoms with Gasteiger partial charge in [0.15, 0.2) is 0 Å². The fourth-order valence-electron chi connectivity index (χ4n) is 5.71. The molecular formula is C39H66N6O2. The molecule has 0 aliphatic heterocycles. The minimum atomic E-state index is -0.203. The minimum Gasteiger partial charge on any atom is -0.325 e. The molecule has 2 aromatic rings. The number of amides is 4. The highest BCUT2D eigenvalue weighted by Crippen LogP contribution is 2.18. The molecule has 4 amide bonds. The summed E-state index contributed by atoms with van der Waals surface area (Å²) in [5, 5.41) is 11.9. The van der Waals surface area contributed by atoms with Gasteiger partial charge in [-0.05, 0) is 81.8 Å². The minimum absolute atomic E-state index is 0.203. The summed E-state index contributed by atoms with van der Waals surface area (Å²) in [6.45, 7) is 7.51. The second kappa shape index (κ2) is 25.9. The molecule has 0 atom stereocenters. The molecule has 0 bridgehead atoms. The monoisotopic (exact) mass is 651 g/mol. The van der Waals surface area contributed by atoms with Gasteiger partial charge in [0.05, 0.1) is 13.3 Å². The summed E-state index contributed by atoms with van der Waals surface area (Å²) >= 11 is 0. The summed E-state index contributed by atoms with van der Waals surface area (Å²) in [7, 11) is 4.10. The van der Waals surface area contributed by atoms with E-state index in [9.17, 15) is 9.59 Å². The first-order valence-corrected chi connectivity index (χ1v) is 18.5. The predicted molar refractivity (Wildman–Crippen MR) is 200 cm³/mol. The quantitative estimate of drug-likeness (QED) is 0.0603. The lowest BCUT2D eigenvalue weighted by Crippen LogP contribution is -2.38. The van der Waals surface area contributed by atoms with Crippen molar-refractivity contribution in [1.82, 2.24) is 20.4 Å². The van der Waals surface area contributed by atoms with Crippen LogP contribution >= 0.6 is 0 Å². The van der Waals surface area contributed by atoms with Crippen LogP contribution in [-0.2, 0) is 6.42 Å². The van der Waals surface area contributed by atoms with Crippen LogP contribution in [0.4, 0.5) is 21.0 Å². The first-order valence-electron chi connectivity index (χ1n) is 18.5. The Bertz CT molecular complexity index is 1020. The molecule has 0 aromatic heterocycles. The first kappa shape index (κ1) is 40.1. The molecule has 0 aliphatic rings. The van der Waals surface area contributed by atoms with Crippen molar-refractivity contribution in [2.75, 3.05) is 51.2 Å². The van der Waals surface area contributed by atoms with Crippen LogP contribution in [0.15, 0.2) is 48.5 Å². The number of anilines is 2. The van der Waals surface area contributed by atoms with Crippen molar-refractivity contribution in [1.29, 1.82) is 0 Å². The molecule has 47 heavy (non-hydrogen) atoms. The highest BCUT2D eigenvalue weighted by Gasteiger charge is 2.07. The molecular weight excluding hydrogens is 584 g/mol. The normalized spacial score (nSPS) is 11.2. The number of benzene rings is 2. The van der Waals surface area contributed by atoms with Gasteiger partial charge in [-0.3, -0.25) is 9.80 Å². The summed E-state index contributed by atoms with van der Waals surface area (Å²) in [4.78, 5) is 29.4. The fourth-order valence-corrected chi connectivity index (χ4v) is 5.71. The Morgan fingerprint density at radius 1 is 0.532 bits per heavy atom. The molecule has 0 fully saturated rings. The molecule has 2 aromatic carbocycles. The lowest BCUT2D eigenvalue weighted by molar-refractivity contribution is 0.239. The maximum atomic E-state index is 12.6. The van der Waals surface area contributed by atoms with Gasteiger partial charge in [0.1, 0.15) is 0 Å². The predicted octanol–water partition coefficient (Wildman–Crippen LogP) is 9.58. The third kappa shape index (κ3) is 20.7. The Hall–Kier alpha value is -3.10. The number of urea groups is 2. The number of rotatable bonds is 26. The van der Waals surface area contributed by atoms with Crippen molar-refractivity contribution in [3.63, 3.8) is 0 Å². The zero-order valence-electron chi connectivity index (χ0n) is 30.2. The second-order valence-electron chi connectivity index (χ2n) is 13.3. The number of hydrogen-bond acceptors (Lipinski definition) is 4. The number of unbranched alkanes of at least 4 members (excludes halogenated alkanes) is 14. The standard InChI is InChI=1S/C39H66N6O2/c1-5-7-9-11-13-15-17-19-27-44(3)32-40-38(46)42-36-25-21-23-34(30-36)29-35-24-22-26-37(31-35)43-39(47)41-33-45(4)28-20-18-16-14-12-10-8-6-2/h21-26,30-31H,5-20,27-29,32-33H2,1-4H3,(H2,40,42,46)(H2,41,43,47). The van der Waals surface area contributed by atoms with E-state index in [-0.39, 0.29) is 12.1 Å². The Labute approximate surface area is 286 Å². The molecule has 8 nitrogen and oxygen atoms in total. The van der Waals surface area contributed by atoms with Gasteiger partial charge in [0, 0.05) is 11.4 Å². The average Bonchev–Trinajstić information content (AvgIpc) is 3.05. The van der Waals surface area contributed by atoms with Crippen LogP contribution in [0.2, 0.25) is 0 Å². The summed E-state index contributed by atoms with van der Waals surface area (Å²) in [6, 6.07) is 15.4. The van der Waals surface area contributed by atoms with Crippen molar-refractivity contribution in [3.05, 3.63) is 59.7 Å². The number of hydrogen-bond donors (Lipinski definition) is 4. The Balaban J connectivity index is 1.66. The smallest absolute Gasteiger partial charge is 0.320 e. The summed E-state index contributed by atoms with van der Waals surface area (Å²) < 4.78 is 0. The third-order valence-corrected chi connectivity index (χ3v) is 8.58. The van der Waals surface area contributed by atoms with Crippen molar-refractivity contribution in [2.45, 2.75) is 123 Å². The van der Waals surface area contributed by atoms with Crippen LogP contribution in [0, 0.1) is 0 Å². The number of nitrogens with one attached hydrogen (secondary N) is 4. The van der Waals surface area contributed by atoms with Crippen LogP contribution in [0.1, 0.15) is 128 Å². The molecule has 0 aliphatic carbocycles. The summed E-state index contributed by atoms with van der Waals surface area (Å²) in [5.74, 6) is 0. The lowest BCUT2D eigenvalue weighted by Gasteiger charge is -2.18. The van der Waals surface area contributed by atoms with Crippen LogP contribution < -0.4 is 21.3 Å². The SMILES string of the molecule is CCCCCCCCCCN(C)CNC(=O)Nc1cccc(Cc2cccc(NC(=O)NCN(C)CCCCCCCCCC)c2)c1. The van der Waals surface area contributed by atoms with Crippen molar-refractivity contribution < 1.29 is 9.59 Å². The molecule has 0 saturated heterocycles. The maximum Gasteiger partial charge on any atom is 0.320 e. The number of carbonyl (C=O) groups is 2. The van der Waals surface area contributed by atoms with E-state index in [1.54, 1.807) is 0 Å². The second-order valence-corrected chi connectivity index (χ2v) is 13.3. The summed E-state index contributed by atoms with van der Waals surface area (Å²) in [5.41, 5.74) is 3.68. The van der Waals surface area contributed by atoms with E-state index in [1.165, 1.54) is 89.9 Å². The summed E-state index contributed by atoms with van der Waals surface area (Å²) in [6.07, 6.45) is 21.5. The largest absolute Gasteiger partial charge is 0.325 e. The highest BCUT2D eigenvalue weighted by molar-refractivity contribution is 5.89. The number of nitrogens with zero attached hydrogens (tertiary/aromatic N) is 2. The Morgan fingerprint density at radius 2 is 0.894 bits per heavy atom. The van der Waals surface area contributed by atoms with Gasteiger partial charge in [-0.2, -0.15) is 0 Å². The van der Waals surface area contributed by atoms with Gasteiger partial charge in [-0.1, -0.05) is 128 Å². The van der Waals surface area contributed by atoms with Gasteiger partial charge in [0.2, 0.25) is 0 Å². The van der Waals surface area contributed by atoms with Crippen molar-refractivity contribution in [3.8, 4) is 0 Å². The van der Waals surface area contributed by atoms with Gasteiger partial charge in [0.25, 0.3) is 0 Å². The van der Waals surface area contributed by atoms with E-state index < -0.39 is 0 Å². The van der Waals surface area contributed by atoms with Crippen molar-refractivity contribution in [2.24, 2.45) is 0 Å². The Morgan fingerprint density at radius 3 is 1.28 bits per heavy atom. The zero-order chi connectivity index (χ0) is 34.0.